The summed E-state index contributed by atoms with van der Waals surface area (Å²) in [5, 5.41) is 6.14. The zero-order valence-electron chi connectivity index (χ0n) is 14.5. The fourth-order valence-electron chi connectivity index (χ4n) is 3.23. The average molecular weight is 405 g/mol. The minimum absolute atomic E-state index is 0.227. The van der Waals surface area contributed by atoms with E-state index in [1.165, 1.54) is 9.75 Å². The number of thioether (sulfide) groups is 1. The number of carbonyl (C=O) groups is 1. The van der Waals surface area contributed by atoms with Crippen molar-refractivity contribution in [1.29, 1.82) is 0 Å². The Morgan fingerprint density at radius 1 is 1.42 bits per heavy atom. The molecule has 1 aliphatic rings. The summed E-state index contributed by atoms with van der Waals surface area (Å²) in [7, 11) is 0. The number of aromatic nitrogens is 1. The zero-order chi connectivity index (χ0) is 17.9. The lowest BCUT2D eigenvalue weighted by molar-refractivity contribution is -0.129. The Balaban J connectivity index is 1.31. The fraction of sp³-hybridized carbons (Fsp3) is 0.368. The van der Waals surface area contributed by atoms with Crippen molar-refractivity contribution in [2.24, 2.45) is 0 Å². The van der Waals surface area contributed by atoms with E-state index in [1.54, 1.807) is 34.4 Å². The molecule has 3 aromatic rings. The van der Waals surface area contributed by atoms with Crippen molar-refractivity contribution >= 4 is 40.3 Å². The monoisotopic (exact) mass is 404 g/mol. The lowest BCUT2D eigenvalue weighted by Crippen LogP contribution is -2.31. The largest absolute Gasteiger partial charge is 0.355 e. The lowest BCUT2D eigenvalue weighted by Gasteiger charge is -2.23. The fourth-order valence-corrected chi connectivity index (χ4v) is 5.72. The summed E-state index contributed by atoms with van der Waals surface area (Å²) < 4.78 is 5.40. The Kier molecular flexibility index (Phi) is 5.47. The van der Waals surface area contributed by atoms with Crippen molar-refractivity contribution < 1.29 is 9.32 Å². The molecular weight excluding hydrogens is 384 g/mol. The number of likely N-dealkylation sites (tertiary alicyclic amines) is 1. The summed E-state index contributed by atoms with van der Waals surface area (Å²) >= 11 is 5.05. The van der Waals surface area contributed by atoms with Gasteiger partial charge in [0.1, 0.15) is 0 Å². The van der Waals surface area contributed by atoms with Gasteiger partial charge in [-0.1, -0.05) is 11.2 Å². The molecule has 4 nitrogen and oxygen atoms in total. The normalized spacial score (nSPS) is 17.1. The summed E-state index contributed by atoms with van der Waals surface area (Å²) in [5.74, 6) is 2.21. The number of thiophene rings is 2. The molecule has 0 aromatic carbocycles. The van der Waals surface area contributed by atoms with Crippen molar-refractivity contribution in [3.05, 3.63) is 51.2 Å². The lowest BCUT2D eigenvalue weighted by atomic mass is 10.2. The SMILES string of the molecule is Cc1ccc(C2CCCN2C(=O)CSCc2cc(-c3cccs3)on2)s1. The molecule has 0 bridgehead atoms. The Morgan fingerprint density at radius 3 is 3.12 bits per heavy atom. The predicted octanol–water partition coefficient (Wildman–Crippen LogP) is 5.37. The Morgan fingerprint density at radius 2 is 2.35 bits per heavy atom. The van der Waals surface area contributed by atoms with Crippen LogP contribution in [0.1, 0.15) is 34.3 Å². The van der Waals surface area contributed by atoms with Crippen molar-refractivity contribution in [3.63, 3.8) is 0 Å². The van der Waals surface area contributed by atoms with Gasteiger partial charge in [0.25, 0.3) is 0 Å². The topological polar surface area (TPSA) is 46.3 Å². The third-order valence-corrected chi connectivity index (χ3v) is 7.40. The van der Waals surface area contributed by atoms with E-state index in [1.807, 2.05) is 23.6 Å². The van der Waals surface area contributed by atoms with Crippen molar-refractivity contribution in [2.75, 3.05) is 12.3 Å². The highest BCUT2D eigenvalue weighted by Gasteiger charge is 2.30. The number of nitrogens with zero attached hydrogens (tertiary/aromatic N) is 2. The van der Waals surface area contributed by atoms with E-state index in [0.717, 1.165) is 35.7 Å². The summed E-state index contributed by atoms with van der Waals surface area (Å²) in [4.78, 5) is 18.4. The first kappa shape index (κ1) is 17.8. The Labute approximate surface area is 165 Å². The standard InChI is InChI=1S/C19H20N2O2S3/c1-13-6-7-17(26-13)15-4-2-8-21(15)19(22)12-24-11-14-10-16(23-20-14)18-5-3-9-25-18/h3,5-7,9-10,15H,2,4,8,11-12H2,1H3. The summed E-state index contributed by atoms with van der Waals surface area (Å²) in [6.45, 7) is 2.99. The van der Waals surface area contributed by atoms with Gasteiger partial charge in [0.05, 0.1) is 22.4 Å². The predicted molar refractivity (Wildman–Crippen MR) is 109 cm³/mol. The maximum atomic E-state index is 12.7. The summed E-state index contributed by atoms with van der Waals surface area (Å²) in [5.41, 5.74) is 0.887. The number of hydrogen-bond donors (Lipinski definition) is 0. The van der Waals surface area contributed by atoms with Crippen molar-refractivity contribution in [2.45, 2.75) is 31.6 Å². The van der Waals surface area contributed by atoms with E-state index in [4.69, 9.17) is 4.52 Å². The first-order valence-corrected chi connectivity index (χ1v) is 11.5. The van der Waals surface area contributed by atoms with Crippen LogP contribution in [-0.4, -0.2) is 28.3 Å². The second kappa shape index (κ2) is 7.98. The summed E-state index contributed by atoms with van der Waals surface area (Å²) in [6.07, 6.45) is 2.16. The van der Waals surface area contributed by atoms with E-state index >= 15 is 0 Å². The van der Waals surface area contributed by atoms with Gasteiger partial charge in [0.15, 0.2) is 5.76 Å². The van der Waals surface area contributed by atoms with Crippen LogP contribution in [0.15, 0.2) is 40.2 Å². The molecule has 4 heterocycles. The maximum Gasteiger partial charge on any atom is 0.233 e. The van der Waals surface area contributed by atoms with Crippen LogP contribution in [0.2, 0.25) is 0 Å². The molecule has 0 aliphatic carbocycles. The van der Waals surface area contributed by atoms with Crippen LogP contribution in [-0.2, 0) is 10.5 Å². The van der Waals surface area contributed by atoms with E-state index < -0.39 is 0 Å². The number of carbonyl (C=O) groups excluding carboxylic acids is 1. The smallest absolute Gasteiger partial charge is 0.233 e. The van der Waals surface area contributed by atoms with Crippen LogP contribution in [0.3, 0.4) is 0 Å². The minimum atomic E-state index is 0.227. The molecule has 3 aromatic heterocycles. The third kappa shape index (κ3) is 3.89. The summed E-state index contributed by atoms with van der Waals surface area (Å²) in [6, 6.07) is 10.6. The molecule has 1 saturated heterocycles. The zero-order valence-corrected chi connectivity index (χ0v) is 17.0. The minimum Gasteiger partial charge on any atom is -0.355 e. The second-order valence-corrected chi connectivity index (χ2v) is 9.60. The van der Waals surface area contributed by atoms with Gasteiger partial charge in [-0.15, -0.1) is 34.4 Å². The quantitative estimate of drug-likeness (QED) is 0.554. The van der Waals surface area contributed by atoms with Gasteiger partial charge >= 0.3 is 0 Å². The highest BCUT2D eigenvalue weighted by atomic mass is 32.2. The van der Waals surface area contributed by atoms with Gasteiger partial charge in [-0.3, -0.25) is 4.79 Å². The molecule has 0 radical (unpaired) electrons. The number of rotatable bonds is 6. The third-order valence-electron chi connectivity index (χ3n) is 4.46. The molecule has 1 fully saturated rings. The first-order chi connectivity index (χ1) is 12.7. The van der Waals surface area contributed by atoms with Crippen LogP contribution in [0.4, 0.5) is 0 Å². The molecular formula is C19H20N2O2S3. The Bertz CT molecular complexity index is 869. The van der Waals surface area contributed by atoms with Gasteiger partial charge < -0.3 is 9.42 Å². The second-order valence-electron chi connectivity index (χ2n) is 6.35. The molecule has 1 aliphatic heterocycles. The molecule has 0 N–H and O–H groups in total. The molecule has 26 heavy (non-hydrogen) atoms. The number of aryl methyl sites for hydroxylation is 1. The maximum absolute atomic E-state index is 12.7. The van der Waals surface area contributed by atoms with Gasteiger partial charge in [-0.05, 0) is 43.3 Å². The first-order valence-electron chi connectivity index (χ1n) is 8.64. The van der Waals surface area contributed by atoms with Gasteiger partial charge in [-0.25, -0.2) is 0 Å². The van der Waals surface area contributed by atoms with Crippen LogP contribution in [0, 0.1) is 6.92 Å². The molecule has 4 rings (SSSR count). The van der Waals surface area contributed by atoms with Crippen LogP contribution in [0.25, 0.3) is 10.6 Å². The van der Waals surface area contributed by atoms with Crippen LogP contribution < -0.4 is 0 Å². The van der Waals surface area contributed by atoms with E-state index in [0.29, 0.717) is 11.5 Å². The molecule has 1 atom stereocenters. The van der Waals surface area contributed by atoms with Crippen LogP contribution >= 0.6 is 34.4 Å². The average Bonchev–Trinajstić information content (AvgIpc) is 3.40. The molecule has 0 saturated carbocycles. The van der Waals surface area contributed by atoms with Crippen molar-refractivity contribution in [3.8, 4) is 10.6 Å². The molecule has 7 heteroatoms. The number of amides is 1. The van der Waals surface area contributed by atoms with E-state index in [-0.39, 0.29) is 11.9 Å². The van der Waals surface area contributed by atoms with E-state index in [2.05, 4.69) is 29.1 Å². The van der Waals surface area contributed by atoms with E-state index in [9.17, 15) is 4.79 Å². The molecule has 1 amide bonds. The molecule has 136 valence electrons. The van der Waals surface area contributed by atoms with Crippen molar-refractivity contribution in [1.82, 2.24) is 10.1 Å². The Hall–Kier alpha value is -1.57. The molecule has 1 unspecified atom stereocenters. The van der Waals surface area contributed by atoms with Gasteiger partial charge in [0.2, 0.25) is 5.91 Å². The number of hydrogen-bond acceptors (Lipinski definition) is 6. The van der Waals surface area contributed by atoms with Crippen LogP contribution in [0.5, 0.6) is 0 Å². The molecule has 0 spiro atoms. The highest BCUT2D eigenvalue weighted by Crippen LogP contribution is 2.36. The van der Waals surface area contributed by atoms with Gasteiger partial charge in [0, 0.05) is 28.1 Å². The highest BCUT2D eigenvalue weighted by molar-refractivity contribution is 7.99. The van der Waals surface area contributed by atoms with Gasteiger partial charge in [-0.2, -0.15) is 0 Å².